The van der Waals surface area contributed by atoms with Crippen molar-refractivity contribution >= 4 is 5.69 Å². The van der Waals surface area contributed by atoms with Gasteiger partial charge in [-0.3, -0.25) is 0 Å². The predicted molar refractivity (Wildman–Crippen MR) is 67.7 cm³/mol. The number of hydrogen-bond donors (Lipinski definition) is 2. The van der Waals surface area contributed by atoms with Crippen LogP contribution in [0.25, 0.3) is 0 Å². The maximum absolute atomic E-state index is 13.6. The smallest absolute Gasteiger partial charge is 0.146 e. The molecule has 94 valence electrons. The van der Waals surface area contributed by atoms with Crippen LogP contribution in [-0.2, 0) is 0 Å². The Morgan fingerprint density at radius 3 is 2.65 bits per heavy atom. The van der Waals surface area contributed by atoms with Crippen LogP contribution in [0.2, 0.25) is 0 Å². The number of hydrogen-bond acceptors (Lipinski definition) is 2. The lowest BCUT2D eigenvalue weighted by atomic mass is 9.85. The average Bonchev–Trinajstić information content (AvgIpc) is 2.29. The molecular weight excluding hydrogens is 217 g/mol. The van der Waals surface area contributed by atoms with E-state index in [1.54, 1.807) is 6.07 Å². The average molecular weight is 237 g/mol. The number of aryl methyl sites for hydroxylation is 1. The fraction of sp³-hybridized carbons (Fsp3) is 0.571. The predicted octanol–water partition coefficient (Wildman–Crippen LogP) is 3.24. The van der Waals surface area contributed by atoms with Gasteiger partial charge < -0.3 is 10.4 Å². The van der Waals surface area contributed by atoms with Gasteiger partial charge in [0, 0.05) is 6.54 Å². The van der Waals surface area contributed by atoms with E-state index in [0.29, 0.717) is 12.2 Å². The molecule has 3 heteroatoms. The maximum Gasteiger partial charge on any atom is 0.146 e. The molecule has 0 aromatic heterocycles. The van der Waals surface area contributed by atoms with Crippen LogP contribution in [0.3, 0.4) is 0 Å². The van der Waals surface area contributed by atoms with Gasteiger partial charge in [-0.1, -0.05) is 25.3 Å². The van der Waals surface area contributed by atoms with E-state index in [2.05, 4.69) is 5.32 Å². The van der Waals surface area contributed by atoms with Crippen LogP contribution in [0.5, 0.6) is 0 Å². The molecular formula is C14H20FNO. The topological polar surface area (TPSA) is 32.3 Å². The Morgan fingerprint density at radius 2 is 2.00 bits per heavy atom. The lowest BCUT2D eigenvalue weighted by Gasteiger charge is -2.32. The van der Waals surface area contributed by atoms with Crippen LogP contribution in [0.4, 0.5) is 10.1 Å². The first kappa shape index (κ1) is 12.4. The summed E-state index contributed by atoms with van der Waals surface area (Å²) in [7, 11) is 0. The molecule has 0 heterocycles. The van der Waals surface area contributed by atoms with Gasteiger partial charge in [0.1, 0.15) is 5.82 Å². The molecule has 0 saturated heterocycles. The van der Waals surface area contributed by atoms with Crippen molar-refractivity contribution in [1.82, 2.24) is 0 Å². The van der Waals surface area contributed by atoms with Gasteiger partial charge in [-0.25, -0.2) is 4.39 Å². The monoisotopic (exact) mass is 237 g/mol. The van der Waals surface area contributed by atoms with Crippen molar-refractivity contribution in [2.45, 2.75) is 44.6 Å². The van der Waals surface area contributed by atoms with E-state index < -0.39 is 5.60 Å². The van der Waals surface area contributed by atoms with Gasteiger partial charge in [0.2, 0.25) is 0 Å². The third-order valence-corrected chi connectivity index (χ3v) is 3.52. The van der Waals surface area contributed by atoms with Crippen molar-refractivity contribution in [1.29, 1.82) is 0 Å². The lowest BCUT2D eigenvalue weighted by Crippen LogP contribution is -2.38. The number of halogens is 1. The van der Waals surface area contributed by atoms with Crippen molar-refractivity contribution < 1.29 is 9.50 Å². The minimum atomic E-state index is -0.657. The molecule has 2 nitrogen and oxygen atoms in total. The molecule has 1 saturated carbocycles. The summed E-state index contributed by atoms with van der Waals surface area (Å²) >= 11 is 0. The van der Waals surface area contributed by atoms with E-state index in [1.807, 2.05) is 13.0 Å². The first-order valence-corrected chi connectivity index (χ1v) is 6.31. The Labute approximate surface area is 102 Å². The van der Waals surface area contributed by atoms with Gasteiger partial charge in [-0.2, -0.15) is 0 Å². The van der Waals surface area contributed by atoms with Crippen LogP contribution in [0, 0.1) is 12.7 Å². The zero-order valence-corrected chi connectivity index (χ0v) is 10.3. The summed E-state index contributed by atoms with van der Waals surface area (Å²) in [5.41, 5.74) is 0.731. The lowest BCUT2D eigenvalue weighted by molar-refractivity contribution is 0.0167. The molecule has 0 aliphatic heterocycles. The summed E-state index contributed by atoms with van der Waals surface area (Å²) in [6.45, 7) is 2.30. The summed E-state index contributed by atoms with van der Waals surface area (Å²) in [5.74, 6) is -0.246. The summed E-state index contributed by atoms with van der Waals surface area (Å²) in [6, 6.07) is 5.11. The van der Waals surface area contributed by atoms with E-state index in [1.165, 1.54) is 12.5 Å². The standard InChI is InChI=1S/C14H20FNO/c1-11-5-6-13(12(15)9-11)16-10-14(17)7-3-2-4-8-14/h5-6,9,16-17H,2-4,7-8,10H2,1H3. The fourth-order valence-electron chi connectivity index (χ4n) is 2.41. The summed E-state index contributed by atoms with van der Waals surface area (Å²) < 4.78 is 13.6. The van der Waals surface area contributed by atoms with Crippen molar-refractivity contribution in [2.75, 3.05) is 11.9 Å². The van der Waals surface area contributed by atoms with Crippen molar-refractivity contribution in [3.8, 4) is 0 Å². The third-order valence-electron chi connectivity index (χ3n) is 3.52. The molecule has 17 heavy (non-hydrogen) atoms. The van der Waals surface area contributed by atoms with Gasteiger partial charge in [-0.15, -0.1) is 0 Å². The molecule has 0 amide bonds. The summed E-state index contributed by atoms with van der Waals surface area (Å²) in [6.07, 6.45) is 4.95. The highest BCUT2D eigenvalue weighted by atomic mass is 19.1. The SMILES string of the molecule is Cc1ccc(NCC2(O)CCCCC2)c(F)c1. The van der Waals surface area contributed by atoms with Crippen molar-refractivity contribution in [2.24, 2.45) is 0 Å². The number of benzene rings is 1. The molecule has 1 aromatic rings. The summed E-state index contributed by atoms with van der Waals surface area (Å²) in [4.78, 5) is 0. The molecule has 2 N–H and O–H groups in total. The van der Waals surface area contributed by atoms with E-state index in [9.17, 15) is 9.50 Å². The second kappa shape index (κ2) is 5.05. The fourth-order valence-corrected chi connectivity index (χ4v) is 2.41. The first-order valence-electron chi connectivity index (χ1n) is 6.31. The second-order valence-corrected chi connectivity index (χ2v) is 5.12. The molecule has 1 aliphatic carbocycles. The van der Waals surface area contributed by atoms with Crippen LogP contribution in [-0.4, -0.2) is 17.3 Å². The minimum Gasteiger partial charge on any atom is -0.388 e. The normalized spacial score (nSPS) is 19.0. The zero-order valence-electron chi connectivity index (χ0n) is 10.3. The maximum atomic E-state index is 13.6. The Balaban J connectivity index is 1.97. The number of aliphatic hydroxyl groups is 1. The minimum absolute atomic E-state index is 0.246. The summed E-state index contributed by atoms with van der Waals surface area (Å²) in [5, 5.41) is 13.3. The quantitative estimate of drug-likeness (QED) is 0.845. The highest BCUT2D eigenvalue weighted by Crippen LogP contribution is 2.28. The van der Waals surface area contributed by atoms with E-state index in [0.717, 1.165) is 31.2 Å². The second-order valence-electron chi connectivity index (χ2n) is 5.12. The van der Waals surface area contributed by atoms with Crippen LogP contribution >= 0.6 is 0 Å². The Kier molecular flexibility index (Phi) is 3.67. The van der Waals surface area contributed by atoms with Crippen LogP contribution in [0.15, 0.2) is 18.2 Å². The third kappa shape index (κ3) is 3.19. The van der Waals surface area contributed by atoms with Crippen molar-refractivity contribution in [3.05, 3.63) is 29.6 Å². The largest absolute Gasteiger partial charge is 0.388 e. The Bertz CT molecular complexity index is 386. The molecule has 0 unspecified atom stereocenters. The number of nitrogens with one attached hydrogen (secondary N) is 1. The van der Waals surface area contributed by atoms with Gasteiger partial charge in [0.15, 0.2) is 0 Å². The Morgan fingerprint density at radius 1 is 1.29 bits per heavy atom. The molecule has 0 spiro atoms. The van der Waals surface area contributed by atoms with Gasteiger partial charge in [-0.05, 0) is 37.5 Å². The van der Waals surface area contributed by atoms with Crippen molar-refractivity contribution in [3.63, 3.8) is 0 Å². The number of rotatable bonds is 3. The molecule has 0 atom stereocenters. The molecule has 1 aliphatic rings. The van der Waals surface area contributed by atoms with E-state index in [-0.39, 0.29) is 5.82 Å². The molecule has 1 fully saturated rings. The number of anilines is 1. The molecule has 0 bridgehead atoms. The highest BCUT2D eigenvalue weighted by molar-refractivity contribution is 5.46. The zero-order chi connectivity index (χ0) is 12.3. The van der Waals surface area contributed by atoms with E-state index in [4.69, 9.17) is 0 Å². The van der Waals surface area contributed by atoms with Gasteiger partial charge in [0.25, 0.3) is 0 Å². The van der Waals surface area contributed by atoms with Gasteiger partial charge in [0.05, 0.1) is 11.3 Å². The Hall–Kier alpha value is -1.09. The van der Waals surface area contributed by atoms with Crippen LogP contribution < -0.4 is 5.32 Å². The molecule has 1 aromatic carbocycles. The molecule has 2 rings (SSSR count). The van der Waals surface area contributed by atoms with E-state index >= 15 is 0 Å². The highest BCUT2D eigenvalue weighted by Gasteiger charge is 2.28. The van der Waals surface area contributed by atoms with Gasteiger partial charge >= 0.3 is 0 Å². The first-order chi connectivity index (χ1) is 8.09. The van der Waals surface area contributed by atoms with Crippen LogP contribution in [0.1, 0.15) is 37.7 Å². The molecule has 0 radical (unpaired) electrons.